The van der Waals surface area contributed by atoms with E-state index in [0.29, 0.717) is 12.2 Å². The first-order valence-corrected chi connectivity index (χ1v) is 8.40. The zero-order valence-electron chi connectivity index (χ0n) is 14.2. The predicted octanol–water partition coefficient (Wildman–Crippen LogP) is 0.624. The molecule has 140 valence electrons. The topological polar surface area (TPSA) is 132 Å². The molecule has 0 aromatic carbocycles. The lowest BCUT2D eigenvalue weighted by Crippen LogP contribution is -2.37. The van der Waals surface area contributed by atoms with Crippen LogP contribution in [0.1, 0.15) is 23.2 Å². The Hall–Kier alpha value is -3.34. The Morgan fingerprint density at radius 2 is 2.30 bits per heavy atom. The first kappa shape index (κ1) is 17.1. The smallest absolute Gasteiger partial charge is 0.263 e. The molecule has 10 nitrogen and oxygen atoms in total. The summed E-state index contributed by atoms with van der Waals surface area (Å²) < 4.78 is 20.3. The third-order valence-electron chi connectivity index (χ3n) is 4.15. The largest absolute Gasteiger partial charge is 0.471 e. The van der Waals surface area contributed by atoms with Crippen LogP contribution in [0.25, 0.3) is 5.65 Å². The van der Waals surface area contributed by atoms with E-state index in [1.54, 1.807) is 0 Å². The molecule has 1 atom stereocenters. The second kappa shape index (κ2) is 7.11. The van der Waals surface area contributed by atoms with Crippen molar-refractivity contribution in [2.24, 2.45) is 0 Å². The van der Waals surface area contributed by atoms with E-state index < -0.39 is 11.7 Å². The number of carbonyl (C=O) groups is 1. The number of ether oxygens (including phenoxy) is 1. The Morgan fingerprint density at radius 1 is 1.41 bits per heavy atom. The van der Waals surface area contributed by atoms with Crippen LogP contribution in [0.4, 0.5) is 15.9 Å². The lowest BCUT2D eigenvalue weighted by Gasteiger charge is -2.24. The van der Waals surface area contributed by atoms with Crippen molar-refractivity contribution in [2.75, 3.05) is 24.1 Å². The third-order valence-corrected chi connectivity index (χ3v) is 4.15. The molecule has 0 aliphatic carbocycles. The van der Waals surface area contributed by atoms with E-state index >= 15 is 0 Å². The van der Waals surface area contributed by atoms with Gasteiger partial charge in [0.1, 0.15) is 23.7 Å². The van der Waals surface area contributed by atoms with E-state index in [9.17, 15) is 9.18 Å². The molecule has 1 saturated heterocycles. The van der Waals surface area contributed by atoms with Gasteiger partial charge in [-0.3, -0.25) is 4.79 Å². The first-order valence-electron chi connectivity index (χ1n) is 8.40. The van der Waals surface area contributed by atoms with Crippen LogP contribution >= 0.6 is 0 Å². The number of hydrogen-bond acceptors (Lipinski definition) is 8. The molecular weight excluding hydrogens is 355 g/mol. The van der Waals surface area contributed by atoms with Gasteiger partial charge in [0, 0.05) is 6.54 Å². The molecule has 27 heavy (non-hydrogen) atoms. The molecule has 4 heterocycles. The Balaban J connectivity index is 1.59. The van der Waals surface area contributed by atoms with Crippen molar-refractivity contribution in [2.45, 2.75) is 18.9 Å². The van der Waals surface area contributed by atoms with E-state index in [4.69, 9.17) is 10.5 Å². The van der Waals surface area contributed by atoms with E-state index in [-0.39, 0.29) is 29.0 Å². The van der Waals surface area contributed by atoms with Crippen LogP contribution in [-0.2, 0) is 0 Å². The SMILES string of the molecule is Nc1nn2cc(F)cnc2c1C(=O)Nc1cncnc1OC1CCCNC1. The Labute approximate surface area is 153 Å². The van der Waals surface area contributed by atoms with Crippen molar-refractivity contribution in [1.29, 1.82) is 0 Å². The fourth-order valence-corrected chi connectivity index (χ4v) is 2.91. The molecule has 0 spiro atoms. The predicted molar refractivity (Wildman–Crippen MR) is 93.9 cm³/mol. The number of aromatic nitrogens is 5. The molecule has 1 unspecified atom stereocenters. The molecule has 3 aromatic heterocycles. The molecule has 1 amide bonds. The normalized spacial score (nSPS) is 17.0. The zero-order valence-corrected chi connectivity index (χ0v) is 14.2. The minimum absolute atomic E-state index is 0.0316. The van der Waals surface area contributed by atoms with Gasteiger partial charge in [0.15, 0.2) is 17.3 Å². The molecule has 0 radical (unpaired) electrons. The number of carbonyl (C=O) groups excluding carboxylic acids is 1. The monoisotopic (exact) mass is 372 g/mol. The minimum Gasteiger partial charge on any atom is -0.471 e. The highest BCUT2D eigenvalue weighted by Gasteiger charge is 2.22. The lowest BCUT2D eigenvalue weighted by molar-refractivity contribution is 0.102. The zero-order chi connectivity index (χ0) is 18.8. The first-order chi connectivity index (χ1) is 13.1. The molecule has 11 heteroatoms. The molecule has 4 N–H and O–H groups in total. The summed E-state index contributed by atoms with van der Waals surface area (Å²) in [5.74, 6) is -0.962. The van der Waals surface area contributed by atoms with Gasteiger partial charge >= 0.3 is 0 Å². The van der Waals surface area contributed by atoms with Crippen LogP contribution < -0.4 is 21.1 Å². The number of nitrogens with two attached hydrogens (primary N) is 1. The number of rotatable bonds is 4. The molecule has 0 saturated carbocycles. The number of nitrogen functional groups attached to an aromatic ring is 1. The molecule has 1 aliphatic heterocycles. The van der Waals surface area contributed by atoms with Gasteiger partial charge in [-0.2, -0.15) is 4.98 Å². The number of amides is 1. The lowest BCUT2D eigenvalue weighted by atomic mass is 10.1. The molecule has 1 aliphatic rings. The summed E-state index contributed by atoms with van der Waals surface area (Å²) in [5.41, 5.74) is 6.29. The van der Waals surface area contributed by atoms with Gasteiger partial charge < -0.3 is 21.1 Å². The summed E-state index contributed by atoms with van der Waals surface area (Å²) >= 11 is 0. The fraction of sp³-hybridized carbons (Fsp3) is 0.312. The van der Waals surface area contributed by atoms with Gasteiger partial charge in [-0.05, 0) is 19.4 Å². The number of anilines is 2. The summed E-state index contributed by atoms with van der Waals surface area (Å²) in [6.45, 7) is 1.66. The second-order valence-electron chi connectivity index (χ2n) is 6.08. The number of nitrogens with zero attached hydrogens (tertiary/aromatic N) is 5. The van der Waals surface area contributed by atoms with Gasteiger partial charge in [0.25, 0.3) is 5.91 Å². The van der Waals surface area contributed by atoms with E-state index in [2.05, 4.69) is 30.7 Å². The molecule has 3 aromatic rings. The van der Waals surface area contributed by atoms with Crippen molar-refractivity contribution >= 4 is 23.1 Å². The van der Waals surface area contributed by atoms with E-state index in [1.165, 1.54) is 12.5 Å². The minimum atomic E-state index is -0.592. The van der Waals surface area contributed by atoms with Crippen LogP contribution in [0.2, 0.25) is 0 Å². The van der Waals surface area contributed by atoms with Crippen molar-refractivity contribution in [1.82, 2.24) is 29.9 Å². The van der Waals surface area contributed by atoms with E-state index in [0.717, 1.165) is 36.3 Å². The van der Waals surface area contributed by atoms with Gasteiger partial charge in [-0.25, -0.2) is 18.9 Å². The molecular formula is C16H17FN8O2. The molecule has 4 rings (SSSR count). The molecule has 0 bridgehead atoms. The van der Waals surface area contributed by atoms with Gasteiger partial charge in [-0.15, -0.1) is 5.10 Å². The van der Waals surface area contributed by atoms with Crippen LogP contribution in [0.5, 0.6) is 5.88 Å². The Bertz CT molecular complexity index is 986. The summed E-state index contributed by atoms with van der Waals surface area (Å²) in [6.07, 6.45) is 6.70. The Kier molecular flexibility index (Phi) is 4.50. The van der Waals surface area contributed by atoms with Crippen LogP contribution in [0, 0.1) is 5.82 Å². The maximum Gasteiger partial charge on any atom is 0.263 e. The summed E-state index contributed by atoms with van der Waals surface area (Å²) in [5, 5.41) is 9.83. The summed E-state index contributed by atoms with van der Waals surface area (Å²) in [7, 11) is 0. The number of halogens is 1. The van der Waals surface area contributed by atoms with Crippen LogP contribution in [0.3, 0.4) is 0 Å². The third kappa shape index (κ3) is 3.49. The summed E-state index contributed by atoms with van der Waals surface area (Å²) in [4.78, 5) is 24.7. The van der Waals surface area contributed by atoms with Crippen molar-refractivity contribution < 1.29 is 13.9 Å². The van der Waals surface area contributed by atoms with Crippen molar-refractivity contribution in [3.8, 4) is 5.88 Å². The highest BCUT2D eigenvalue weighted by Crippen LogP contribution is 2.25. The standard InChI is InChI=1S/C16H17FN8O2/c17-9-4-21-14-12(13(18)24-25(14)7-9)15(26)23-11-6-20-8-22-16(11)27-10-2-1-3-19-5-10/h4,6-8,10,19H,1-3,5H2,(H2,18,24)(H,23,26). The van der Waals surface area contributed by atoms with Crippen molar-refractivity contribution in [3.63, 3.8) is 0 Å². The average Bonchev–Trinajstić information content (AvgIpc) is 2.99. The number of hydrogen-bond donors (Lipinski definition) is 3. The van der Waals surface area contributed by atoms with Gasteiger partial charge in [0.05, 0.1) is 18.6 Å². The van der Waals surface area contributed by atoms with Crippen LogP contribution in [-0.4, -0.2) is 49.7 Å². The Morgan fingerprint density at radius 3 is 3.11 bits per heavy atom. The number of piperidine rings is 1. The number of fused-ring (bicyclic) bond motifs is 1. The van der Waals surface area contributed by atoms with E-state index in [1.807, 2.05) is 0 Å². The highest BCUT2D eigenvalue weighted by atomic mass is 19.1. The molecule has 1 fully saturated rings. The maximum atomic E-state index is 13.3. The fourth-order valence-electron chi connectivity index (χ4n) is 2.91. The quantitative estimate of drug-likeness (QED) is 0.607. The number of nitrogens with one attached hydrogen (secondary N) is 2. The van der Waals surface area contributed by atoms with Gasteiger partial charge in [0.2, 0.25) is 5.88 Å². The highest BCUT2D eigenvalue weighted by molar-refractivity contribution is 6.11. The van der Waals surface area contributed by atoms with Gasteiger partial charge in [-0.1, -0.05) is 0 Å². The average molecular weight is 372 g/mol. The van der Waals surface area contributed by atoms with Crippen LogP contribution in [0.15, 0.2) is 24.9 Å². The maximum absolute atomic E-state index is 13.3. The summed E-state index contributed by atoms with van der Waals surface area (Å²) in [6, 6.07) is 0. The van der Waals surface area contributed by atoms with Crippen molar-refractivity contribution in [3.05, 3.63) is 36.3 Å². The second-order valence-corrected chi connectivity index (χ2v) is 6.08.